The van der Waals surface area contributed by atoms with Crippen molar-refractivity contribution < 1.29 is 14.3 Å². The summed E-state index contributed by atoms with van der Waals surface area (Å²) in [5, 5.41) is 9.32. The van der Waals surface area contributed by atoms with Gasteiger partial charge in [-0.05, 0) is 79.1 Å². The van der Waals surface area contributed by atoms with Crippen LogP contribution in [0.1, 0.15) is 72.8 Å². The van der Waals surface area contributed by atoms with Crippen molar-refractivity contribution >= 4 is 5.97 Å². The molecule has 0 radical (unpaired) electrons. The monoisotopic (exact) mass is 588 g/mol. The van der Waals surface area contributed by atoms with Crippen LogP contribution in [0.3, 0.4) is 0 Å². The van der Waals surface area contributed by atoms with Crippen LogP contribution in [-0.2, 0) is 16.1 Å². The molecule has 1 atom stereocenters. The molecule has 0 bridgehead atoms. The minimum atomic E-state index is -0.693. The molecule has 1 aromatic carbocycles. The number of esters is 1. The van der Waals surface area contributed by atoms with Crippen LogP contribution >= 0.6 is 0 Å². The maximum Gasteiger partial charge on any atom is 0.325 e. The quantitative estimate of drug-likeness (QED) is 0.258. The standard InChI is InChI=1S/C31H40N8O3.CH4/c1-7-41-30(40)31(5,6)37-14-8-9-23(18-37)39-26(12-13-32-39)22-10-11-24-27(17-22)42-16-15-36-19-25(34-28(24)36)29-33-21(4)35-38(29)20(2)3;/h10-13,17,19-20,23H,7-9,14-16,18H2,1-6H3;1H4. The average molecular weight is 589 g/mol. The van der Waals surface area contributed by atoms with Gasteiger partial charge in [-0.3, -0.25) is 14.4 Å². The highest BCUT2D eigenvalue weighted by Gasteiger charge is 2.39. The molecule has 2 aliphatic rings. The molecule has 1 unspecified atom stereocenters. The highest BCUT2D eigenvalue weighted by molar-refractivity contribution is 5.80. The third kappa shape index (κ3) is 5.58. The lowest BCUT2D eigenvalue weighted by atomic mass is 9.96. The van der Waals surface area contributed by atoms with Crippen LogP contribution in [0, 0.1) is 6.92 Å². The summed E-state index contributed by atoms with van der Waals surface area (Å²) in [7, 11) is 0. The van der Waals surface area contributed by atoms with Gasteiger partial charge in [0.15, 0.2) is 5.82 Å². The zero-order valence-corrected chi connectivity index (χ0v) is 25.4. The van der Waals surface area contributed by atoms with E-state index in [1.54, 1.807) is 0 Å². The number of carbonyl (C=O) groups excluding carboxylic acids is 1. The average Bonchev–Trinajstić information content (AvgIpc) is 3.70. The van der Waals surface area contributed by atoms with E-state index in [0.717, 1.165) is 71.7 Å². The van der Waals surface area contributed by atoms with E-state index in [4.69, 9.17) is 19.6 Å². The van der Waals surface area contributed by atoms with Crippen LogP contribution in [0.25, 0.3) is 34.2 Å². The number of hydrogen-bond acceptors (Lipinski definition) is 8. The van der Waals surface area contributed by atoms with Gasteiger partial charge in [0, 0.05) is 30.5 Å². The van der Waals surface area contributed by atoms with Crippen molar-refractivity contribution in [2.75, 3.05) is 26.3 Å². The number of likely N-dealkylation sites (tertiary alicyclic amines) is 1. The number of rotatable bonds is 7. The SMILES string of the molecule is C.CCOC(=O)C(C)(C)N1CCCC(n2nccc2-c2ccc3c(c2)OCCn2cc(-c4nc(C)nn4C(C)C)nc2-3)C1. The van der Waals surface area contributed by atoms with Crippen molar-refractivity contribution in [2.24, 2.45) is 0 Å². The van der Waals surface area contributed by atoms with E-state index in [1.165, 1.54) is 0 Å². The van der Waals surface area contributed by atoms with Gasteiger partial charge in [0.25, 0.3) is 0 Å². The van der Waals surface area contributed by atoms with Crippen LogP contribution in [-0.4, -0.2) is 76.8 Å². The fraction of sp³-hybridized carbons (Fsp3) is 0.531. The molecule has 6 rings (SSSR count). The largest absolute Gasteiger partial charge is 0.491 e. The number of piperidine rings is 1. The molecular formula is C32H44N8O3. The number of ether oxygens (including phenoxy) is 2. The van der Waals surface area contributed by atoms with Crippen molar-refractivity contribution in [1.29, 1.82) is 0 Å². The van der Waals surface area contributed by atoms with Gasteiger partial charge < -0.3 is 14.0 Å². The van der Waals surface area contributed by atoms with Crippen LogP contribution in [0.15, 0.2) is 36.7 Å². The Morgan fingerprint density at radius 2 is 1.98 bits per heavy atom. The molecule has 5 heterocycles. The molecule has 0 spiro atoms. The molecular weight excluding hydrogens is 544 g/mol. The van der Waals surface area contributed by atoms with E-state index in [0.29, 0.717) is 19.8 Å². The summed E-state index contributed by atoms with van der Waals surface area (Å²) in [6, 6.07) is 8.67. The lowest BCUT2D eigenvalue weighted by Crippen LogP contribution is -2.54. The van der Waals surface area contributed by atoms with E-state index in [1.807, 2.05) is 50.8 Å². The fourth-order valence-electron chi connectivity index (χ4n) is 6.05. The molecule has 4 aromatic rings. The van der Waals surface area contributed by atoms with E-state index in [2.05, 4.69) is 56.3 Å². The van der Waals surface area contributed by atoms with Gasteiger partial charge in [-0.25, -0.2) is 14.6 Å². The zero-order chi connectivity index (χ0) is 29.6. The lowest BCUT2D eigenvalue weighted by Gasteiger charge is -2.42. The second kappa shape index (κ2) is 11.9. The second-order valence-electron chi connectivity index (χ2n) is 11.9. The molecule has 0 aliphatic carbocycles. The van der Waals surface area contributed by atoms with E-state index < -0.39 is 5.54 Å². The number of carbonyl (C=O) groups is 1. The van der Waals surface area contributed by atoms with Crippen molar-refractivity contribution in [2.45, 2.75) is 86.0 Å². The first kappa shape index (κ1) is 30.5. The smallest absolute Gasteiger partial charge is 0.325 e. The third-order valence-corrected chi connectivity index (χ3v) is 8.32. The molecule has 43 heavy (non-hydrogen) atoms. The zero-order valence-electron chi connectivity index (χ0n) is 25.4. The van der Waals surface area contributed by atoms with Crippen molar-refractivity contribution in [3.05, 3.63) is 42.5 Å². The van der Waals surface area contributed by atoms with Gasteiger partial charge in [0.1, 0.15) is 35.2 Å². The highest BCUT2D eigenvalue weighted by Crippen LogP contribution is 2.38. The predicted molar refractivity (Wildman–Crippen MR) is 166 cm³/mol. The van der Waals surface area contributed by atoms with Gasteiger partial charge in [0.05, 0.1) is 30.5 Å². The number of benzene rings is 1. The number of imidazole rings is 1. The van der Waals surface area contributed by atoms with E-state index in [9.17, 15) is 4.79 Å². The molecule has 11 heteroatoms. The molecule has 1 fully saturated rings. The Morgan fingerprint density at radius 1 is 1.16 bits per heavy atom. The minimum absolute atomic E-state index is 0. The van der Waals surface area contributed by atoms with Gasteiger partial charge >= 0.3 is 5.97 Å². The van der Waals surface area contributed by atoms with Crippen LogP contribution in [0.5, 0.6) is 5.75 Å². The molecule has 1 saturated heterocycles. The van der Waals surface area contributed by atoms with Gasteiger partial charge in [-0.15, -0.1) is 0 Å². The fourth-order valence-corrected chi connectivity index (χ4v) is 6.05. The Labute approximate surface area is 253 Å². The number of fused-ring (bicyclic) bond motifs is 3. The minimum Gasteiger partial charge on any atom is -0.491 e. The van der Waals surface area contributed by atoms with Crippen molar-refractivity contribution in [3.63, 3.8) is 0 Å². The summed E-state index contributed by atoms with van der Waals surface area (Å²) < 4.78 is 17.8. The first-order valence-corrected chi connectivity index (χ1v) is 14.9. The Kier molecular flexibility index (Phi) is 8.47. The molecule has 0 amide bonds. The first-order valence-electron chi connectivity index (χ1n) is 14.9. The second-order valence-corrected chi connectivity index (χ2v) is 11.9. The molecule has 0 saturated carbocycles. The summed E-state index contributed by atoms with van der Waals surface area (Å²) in [5.74, 6) is 2.98. The van der Waals surface area contributed by atoms with Gasteiger partial charge in [-0.1, -0.05) is 13.5 Å². The number of aromatic nitrogens is 7. The summed E-state index contributed by atoms with van der Waals surface area (Å²) in [5.41, 5.74) is 3.11. The highest BCUT2D eigenvalue weighted by atomic mass is 16.5. The van der Waals surface area contributed by atoms with Crippen LogP contribution in [0.4, 0.5) is 0 Å². The molecule has 230 valence electrons. The topological polar surface area (TPSA) is 105 Å². The predicted octanol–water partition coefficient (Wildman–Crippen LogP) is 5.57. The summed E-state index contributed by atoms with van der Waals surface area (Å²) in [4.78, 5) is 24.6. The Morgan fingerprint density at radius 3 is 2.74 bits per heavy atom. The van der Waals surface area contributed by atoms with Gasteiger partial charge in [0.2, 0.25) is 0 Å². The normalized spacial score (nSPS) is 17.0. The molecule has 0 N–H and O–H groups in total. The summed E-state index contributed by atoms with van der Waals surface area (Å²) in [6.07, 6.45) is 5.87. The van der Waals surface area contributed by atoms with E-state index >= 15 is 0 Å². The number of aryl methyl sites for hydroxylation is 1. The Balaban J connectivity index is 0.00000368. The Hall–Kier alpha value is -3.99. The van der Waals surface area contributed by atoms with Gasteiger partial charge in [-0.2, -0.15) is 10.2 Å². The number of hydrogen-bond donors (Lipinski definition) is 0. The summed E-state index contributed by atoms with van der Waals surface area (Å²) >= 11 is 0. The maximum atomic E-state index is 12.7. The van der Waals surface area contributed by atoms with Crippen molar-refractivity contribution in [3.8, 4) is 39.9 Å². The Bertz CT molecular complexity index is 1600. The lowest BCUT2D eigenvalue weighted by molar-refractivity contribution is -0.157. The summed E-state index contributed by atoms with van der Waals surface area (Å²) in [6.45, 7) is 15.0. The van der Waals surface area contributed by atoms with Crippen LogP contribution in [0.2, 0.25) is 0 Å². The third-order valence-electron chi connectivity index (χ3n) is 8.32. The maximum absolute atomic E-state index is 12.7. The molecule has 11 nitrogen and oxygen atoms in total. The first-order chi connectivity index (χ1) is 20.2. The van der Waals surface area contributed by atoms with E-state index in [-0.39, 0.29) is 25.5 Å². The van der Waals surface area contributed by atoms with Crippen molar-refractivity contribution in [1.82, 2.24) is 39.0 Å². The van der Waals surface area contributed by atoms with Crippen LogP contribution < -0.4 is 4.74 Å². The number of nitrogens with zero attached hydrogens (tertiary/aromatic N) is 8. The molecule has 2 aliphatic heterocycles. The molecule has 3 aromatic heterocycles.